The molecule has 0 radical (unpaired) electrons. The average Bonchev–Trinajstić information content (AvgIpc) is 2.85. The van der Waals surface area contributed by atoms with Gasteiger partial charge in [-0.25, -0.2) is 0 Å². The number of hydrogen-bond donors (Lipinski definition) is 3. The molecule has 3 unspecified atom stereocenters. The first-order valence-electron chi connectivity index (χ1n) is 14.8. The van der Waals surface area contributed by atoms with Crippen LogP contribution in [-0.2, 0) is 38.2 Å². The van der Waals surface area contributed by atoms with Gasteiger partial charge in [0.25, 0.3) is 0 Å². The van der Waals surface area contributed by atoms with Crippen molar-refractivity contribution < 1.29 is 38.2 Å². The number of carbonyl (C=O) groups is 5. The van der Waals surface area contributed by atoms with E-state index in [0.717, 1.165) is 18.2 Å². The molecule has 0 aliphatic rings. The van der Waals surface area contributed by atoms with Crippen LogP contribution in [0.1, 0.15) is 95.9 Å². The standard InChI is InChI=1S/C30H55N3O8S/c1-13-18(3)19(4)26(36)32-25(21(6)41-30(10,11)12)28(38)33-24(20(5)40-29(7,8)9)27(37)31-17-23(35)42-16-15-22(34)39-14-2/h18-21,24-25H,13-17H2,1-12H3,(H,31,37)(H,32,36)(H,33,38)/t18?,19-,20?,21?,24-,25-/m0/s1. The van der Waals surface area contributed by atoms with Crippen LogP contribution in [0.15, 0.2) is 0 Å². The van der Waals surface area contributed by atoms with Crippen molar-refractivity contribution in [3.8, 4) is 0 Å². The molecule has 0 bridgehead atoms. The molecule has 244 valence electrons. The topological polar surface area (TPSA) is 149 Å². The summed E-state index contributed by atoms with van der Waals surface area (Å²) in [6.07, 6.45) is -0.638. The van der Waals surface area contributed by atoms with E-state index in [1.54, 1.807) is 20.8 Å². The summed E-state index contributed by atoms with van der Waals surface area (Å²) in [5, 5.41) is 7.79. The third-order valence-electron chi connectivity index (χ3n) is 6.37. The Hall–Kier alpha value is -2.18. The fourth-order valence-electron chi connectivity index (χ4n) is 3.98. The van der Waals surface area contributed by atoms with Gasteiger partial charge in [0.05, 0.1) is 43.0 Å². The van der Waals surface area contributed by atoms with E-state index in [9.17, 15) is 24.0 Å². The second kappa shape index (κ2) is 18.5. The number of amides is 3. The molecular formula is C30H55N3O8S. The zero-order chi connectivity index (χ0) is 32.8. The summed E-state index contributed by atoms with van der Waals surface area (Å²) < 4.78 is 16.9. The molecule has 3 amide bonds. The van der Waals surface area contributed by atoms with Crippen LogP contribution in [0.2, 0.25) is 0 Å². The first kappa shape index (κ1) is 39.8. The molecule has 0 aromatic heterocycles. The lowest BCUT2D eigenvalue weighted by atomic mass is 9.92. The van der Waals surface area contributed by atoms with Gasteiger partial charge in [0.15, 0.2) is 0 Å². The van der Waals surface area contributed by atoms with E-state index in [1.807, 2.05) is 62.3 Å². The lowest BCUT2D eigenvalue weighted by Crippen LogP contribution is -2.61. The highest BCUT2D eigenvalue weighted by Crippen LogP contribution is 2.18. The van der Waals surface area contributed by atoms with Crippen LogP contribution in [0.25, 0.3) is 0 Å². The van der Waals surface area contributed by atoms with Gasteiger partial charge in [0.2, 0.25) is 22.8 Å². The molecule has 0 aromatic carbocycles. The quantitative estimate of drug-likeness (QED) is 0.209. The monoisotopic (exact) mass is 617 g/mol. The maximum absolute atomic E-state index is 13.7. The fourth-order valence-corrected chi connectivity index (χ4v) is 4.66. The van der Waals surface area contributed by atoms with Crippen LogP contribution in [0, 0.1) is 11.8 Å². The van der Waals surface area contributed by atoms with Crippen LogP contribution in [-0.4, -0.2) is 83.2 Å². The maximum Gasteiger partial charge on any atom is 0.306 e. The maximum atomic E-state index is 13.7. The average molecular weight is 618 g/mol. The first-order valence-corrected chi connectivity index (χ1v) is 15.8. The second-order valence-corrected chi connectivity index (χ2v) is 13.7. The van der Waals surface area contributed by atoms with E-state index in [1.165, 1.54) is 0 Å². The van der Waals surface area contributed by atoms with Crippen molar-refractivity contribution >= 4 is 40.6 Å². The minimum atomic E-state index is -1.18. The summed E-state index contributed by atoms with van der Waals surface area (Å²) in [5.74, 6) is -1.96. The Morgan fingerprint density at radius 2 is 1.21 bits per heavy atom. The van der Waals surface area contributed by atoms with Crippen molar-refractivity contribution in [1.82, 2.24) is 16.0 Å². The summed E-state index contributed by atoms with van der Waals surface area (Å²) in [7, 11) is 0. The molecule has 0 fully saturated rings. The van der Waals surface area contributed by atoms with Gasteiger partial charge in [-0.1, -0.05) is 39.0 Å². The van der Waals surface area contributed by atoms with Crippen molar-refractivity contribution in [2.75, 3.05) is 18.9 Å². The SMILES string of the molecule is CCOC(=O)CCSC(=O)CNC(=O)[C@@H](NC(=O)[C@@H](NC(=O)[C@@H](C)C(C)CC)C(C)OC(C)(C)C)C(C)OC(C)(C)C. The third-order valence-corrected chi connectivity index (χ3v) is 7.25. The Morgan fingerprint density at radius 1 is 0.738 bits per heavy atom. The molecule has 42 heavy (non-hydrogen) atoms. The van der Waals surface area contributed by atoms with Crippen molar-refractivity contribution in [3.05, 3.63) is 0 Å². The largest absolute Gasteiger partial charge is 0.466 e. The highest BCUT2D eigenvalue weighted by Gasteiger charge is 2.37. The van der Waals surface area contributed by atoms with Gasteiger partial charge < -0.3 is 30.2 Å². The molecule has 6 atom stereocenters. The lowest BCUT2D eigenvalue weighted by Gasteiger charge is -2.34. The molecule has 0 heterocycles. The predicted octanol–water partition coefficient (Wildman–Crippen LogP) is 3.37. The third kappa shape index (κ3) is 16.5. The predicted molar refractivity (Wildman–Crippen MR) is 165 cm³/mol. The summed E-state index contributed by atoms with van der Waals surface area (Å²) >= 11 is 0.907. The zero-order valence-electron chi connectivity index (χ0n) is 27.7. The molecule has 0 aliphatic carbocycles. The van der Waals surface area contributed by atoms with Crippen molar-refractivity contribution in [3.63, 3.8) is 0 Å². The van der Waals surface area contributed by atoms with Crippen molar-refractivity contribution in [1.29, 1.82) is 0 Å². The van der Waals surface area contributed by atoms with Crippen LogP contribution in [0.4, 0.5) is 0 Å². The molecular weight excluding hydrogens is 562 g/mol. The molecule has 12 heteroatoms. The van der Waals surface area contributed by atoms with E-state index >= 15 is 0 Å². The highest BCUT2D eigenvalue weighted by molar-refractivity contribution is 8.13. The number of hydrogen-bond acceptors (Lipinski definition) is 9. The Labute approximate surface area is 256 Å². The van der Waals surface area contributed by atoms with Gasteiger partial charge in [-0.3, -0.25) is 24.0 Å². The molecule has 0 aliphatic heterocycles. The Kier molecular flexibility index (Phi) is 17.5. The minimum Gasteiger partial charge on any atom is -0.466 e. The molecule has 0 saturated carbocycles. The van der Waals surface area contributed by atoms with E-state index < -0.39 is 53.3 Å². The van der Waals surface area contributed by atoms with Crippen molar-refractivity contribution in [2.24, 2.45) is 11.8 Å². The smallest absolute Gasteiger partial charge is 0.306 e. The number of carbonyl (C=O) groups excluding carboxylic acids is 5. The summed E-state index contributed by atoms with van der Waals surface area (Å²) in [6, 6.07) is -2.28. The number of rotatable bonds is 17. The van der Waals surface area contributed by atoms with Crippen LogP contribution in [0.3, 0.4) is 0 Å². The molecule has 11 nitrogen and oxygen atoms in total. The van der Waals surface area contributed by atoms with Gasteiger partial charge in [-0.2, -0.15) is 0 Å². The van der Waals surface area contributed by atoms with Crippen LogP contribution < -0.4 is 16.0 Å². The fraction of sp³-hybridized carbons (Fsp3) is 0.833. The van der Waals surface area contributed by atoms with E-state index in [4.69, 9.17) is 14.2 Å². The zero-order valence-corrected chi connectivity index (χ0v) is 28.5. The molecule has 0 spiro atoms. The van der Waals surface area contributed by atoms with E-state index in [-0.39, 0.29) is 48.2 Å². The molecule has 0 aromatic rings. The number of thioether (sulfide) groups is 1. The van der Waals surface area contributed by atoms with Gasteiger partial charge in [0, 0.05) is 11.7 Å². The first-order chi connectivity index (χ1) is 19.2. The lowest BCUT2D eigenvalue weighted by molar-refractivity contribution is -0.144. The molecule has 0 saturated heterocycles. The Balaban J connectivity index is 5.83. The van der Waals surface area contributed by atoms with Crippen LogP contribution >= 0.6 is 11.8 Å². The van der Waals surface area contributed by atoms with Crippen LogP contribution in [0.5, 0.6) is 0 Å². The van der Waals surface area contributed by atoms with Crippen molar-refractivity contribution in [2.45, 2.75) is 131 Å². The molecule has 0 rings (SSSR count). The summed E-state index contributed by atoms with van der Waals surface area (Å²) in [6.45, 7) is 21.8. The molecule has 3 N–H and O–H groups in total. The highest BCUT2D eigenvalue weighted by atomic mass is 32.2. The number of esters is 1. The van der Waals surface area contributed by atoms with E-state index in [2.05, 4.69) is 16.0 Å². The van der Waals surface area contributed by atoms with Gasteiger partial charge in [0.1, 0.15) is 12.1 Å². The Morgan fingerprint density at radius 3 is 1.67 bits per heavy atom. The summed E-state index contributed by atoms with van der Waals surface area (Å²) in [4.78, 5) is 63.9. The van der Waals surface area contributed by atoms with Gasteiger partial charge >= 0.3 is 5.97 Å². The normalized spacial score (nSPS) is 16.3. The van der Waals surface area contributed by atoms with Gasteiger partial charge in [-0.05, 0) is 68.2 Å². The minimum absolute atomic E-state index is 0.0743. The Bertz CT molecular complexity index is 900. The number of ether oxygens (including phenoxy) is 3. The second-order valence-electron chi connectivity index (χ2n) is 12.5. The van der Waals surface area contributed by atoms with E-state index in [0.29, 0.717) is 0 Å². The summed E-state index contributed by atoms with van der Waals surface area (Å²) in [5.41, 5.74) is -1.24. The number of nitrogens with one attached hydrogen (secondary N) is 3. The van der Waals surface area contributed by atoms with Gasteiger partial charge in [-0.15, -0.1) is 0 Å².